The first-order chi connectivity index (χ1) is 13.8. The molecular weight excluding hydrogens is 348 g/mol. The quantitative estimate of drug-likeness (QED) is 0.486. The zero-order valence-corrected chi connectivity index (χ0v) is 15.1. The molecule has 0 aliphatic heterocycles. The van der Waals surface area contributed by atoms with Crippen LogP contribution < -0.4 is 10.1 Å². The van der Waals surface area contributed by atoms with Gasteiger partial charge in [-0.2, -0.15) is 0 Å². The van der Waals surface area contributed by atoms with Crippen LogP contribution in [0.5, 0.6) is 11.5 Å². The van der Waals surface area contributed by atoms with E-state index >= 15 is 0 Å². The van der Waals surface area contributed by atoms with Gasteiger partial charge in [0, 0.05) is 11.3 Å². The van der Waals surface area contributed by atoms with Crippen LogP contribution in [0.4, 0.5) is 5.69 Å². The molecule has 4 rings (SSSR count). The van der Waals surface area contributed by atoms with E-state index in [0.717, 1.165) is 17.0 Å². The number of carbonyl (C=O) groups excluding carboxylic acids is 1. The summed E-state index contributed by atoms with van der Waals surface area (Å²) in [4.78, 5) is 17.0. The van der Waals surface area contributed by atoms with Crippen LogP contribution in [-0.4, -0.2) is 10.9 Å². The second kappa shape index (κ2) is 8.18. The van der Waals surface area contributed by atoms with Gasteiger partial charge in [-0.25, -0.2) is 4.98 Å². The summed E-state index contributed by atoms with van der Waals surface area (Å²) >= 11 is 0. The van der Waals surface area contributed by atoms with E-state index in [1.165, 1.54) is 0 Å². The van der Waals surface area contributed by atoms with Gasteiger partial charge in [-0.3, -0.25) is 4.79 Å². The molecule has 0 atom stereocenters. The molecule has 0 fully saturated rings. The van der Waals surface area contributed by atoms with Crippen LogP contribution in [0, 0.1) is 0 Å². The van der Waals surface area contributed by atoms with E-state index in [1.807, 2.05) is 84.9 Å². The number of nitrogens with zero attached hydrogens (tertiary/aromatic N) is 1. The molecule has 0 aliphatic rings. The Kier molecular flexibility index (Phi) is 5.11. The monoisotopic (exact) mass is 366 g/mol. The molecule has 0 unspecified atom stereocenters. The number of pyridine rings is 1. The molecule has 3 aromatic carbocycles. The average molecular weight is 366 g/mol. The predicted octanol–water partition coefficient (Wildman–Crippen LogP) is 5.79. The van der Waals surface area contributed by atoms with E-state index in [2.05, 4.69) is 10.3 Å². The molecule has 1 aromatic heterocycles. The van der Waals surface area contributed by atoms with Crippen molar-refractivity contribution in [1.82, 2.24) is 4.98 Å². The van der Waals surface area contributed by atoms with Gasteiger partial charge < -0.3 is 10.1 Å². The minimum Gasteiger partial charge on any atom is -0.457 e. The van der Waals surface area contributed by atoms with E-state index in [0.29, 0.717) is 17.1 Å². The molecule has 4 heteroatoms. The van der Waals surface area contributed by atoms with Crippen LogP contribution in [0.1, 0.15) is 10.5 Å². The molecule has 0 bridgehead atoms. The van der Waals surface area contributed by atoms with Crippen molar-refractivity contribution in [1.29, 1.82) is 0 Å². The highest BCUT2D eigenvalue weighted by molar-refractivity contribution is 6.03. The van der Waals surface area contributed by atoms with Crippen molar-refractivity contribution in [3.63, 3.8) is 0 Å². The maximum Gasteiger partial charge on any atom is 0.274 e. The lowest BCUT2D eigenvalue weighted by Crippen LogP contribution is -2.13. The fourth-order valence-corrected chi connectivity index (χ4v) is 2.76. The number of hydrogen-bond donors (Lipinski definition) is 1. The molecule has 1 N–H and O–H groups in total. The highest BCUT2D eigenvalue weighted by Crippen LogP contribution is 2.23. The first-order valence-electron chi connectivity index (χ1n) is 8.95. The summed E-state index contributed by atoms with van der Waals surface area (Å²) in [6.45, 7) is 0. The number of hydrogen-bond acceptors (Lipinski definition) is 3. The third-order valence-electron chi connectivity index (χ3n) is 4.14. The topological polar surface area (TPSA) is 51.2 Å². The molecule has 0 saturated carbocycles. The number of nitrogens with one attached hydrogen (secondary N) is 1. The zero-order chi connectivity index (χ0) is 19.2. The first-order valence-corrected chi connectivity index (χ1v) is 8.95. The van der Waals surface area contributed by atoms with E-state index in [4.69, 9.17) is 4.74 Å². The highest BCUT2D eigenvalue weighted by Gasteiger charge is 2.09. The molecule has 28 heavy (non-hydrogen) atoms. The standard InChI is InChI=1S/C24H18N2O2/c27-24(23-13-7-12-22(26-23)18-8-3-1-4-9-18)25-19-14-16-21(17-15-19)28-20-10-5-2-6-11-20/h1-17H,(H,25,27). The number of aromatic nitrogens is 1. The Balaban J connectivity index is 1.45. The molecule has 4 aromatic rings. The number of ether oxygens (including phenoxy) is 1. The van der Waals surface area contributed by atoms with Crippen LogP contribution in [0.15, 0.2) is 103 Å². The molecule has 4 nitrogen and oxygen atoms in total. The summed E-state index contributed by atoms with van der Waals surface area (Å²) in [6, 6.07) is 32.0. The molecule has 1 amide bonds. The number of benzene rings is 3. The van der Waals surface area contributed by atoms with Crippen molar-refractivity contribution in [2.75, 3.05) is 5.32 Å². The van der Waals surface area contributed by atoms with Crippen molar-refractivity contribution in [2.45, 2.75) is 0 Å². The van der Waals surface area contributed by atoms with Crippen molar-refractivity contribution in [2.24, 2.45) is 0 Å². The summed E-state index contributed by atoms with van der Waals surface area (Å²) in [5.41, 5.74) is 2.78. The molecule has 0 spiro atoms. The number of para-hydroxylation sites is 1. The van der Waals surface area contributed by atoms with Gasteiger partial charge in [-0.05, 0) is 48.5 Å². The number of rotatable bonds is 5. The van der Waals surface area contributed by atoms with Crippen LogP contribution in [0.2, 0.25) is 0 Å². The molecule has 0 aliphatic carbocycles. The summed E-state index contributed by atoms with van der Waals surface area (Å²) in [6.07, 6.45) is 0. The Bertz CT molecular complexity index is 1060. The highest BCUT2D eigenvalue weighted by atomic mass is 16.5. The van der Waals surface area contributed by atoms with Crippen molar-refractivity contribution in [3.05, 3.63) is 109 Å². The minimum atomic E-state index is -0.255. The van der Waals surface area contributed by atoms with Gasteiger partial charge in [0.15, 0.2) is 0 Å². The van der Waals surface area contributed by atoms with Gasteiger partial charge in [-0.1, -0.05) is 54.6 Å². The summed E-state index contributed by atoms with van der Waals surface area (Å²) in [5, 5.41) is 2.87. The fourth-order valence-electron chi connectivity index (χ4n) is 2.76. The second-order valence-corrected chi connectivity index (χ2v) is 6.17. The molecule has 136 valence electrons. The second-order valence-electron chi connectivity index (χ2n) is 6.17. The Morgan fingerprint density at radius 1 is 0.679 bits per heavy atom. The SMILES string of the molecule is O=C(Nc1ccc(Oc2ccccc2)cc1)c1cccc(-c2ccccc2)n1. The predicted molar refractivity (Wildman–Crippen MR) is 111 cm³/mol. The lowest BCUT2D eigenvalue weighted by Gasteiger charge is -2.08. The number of amides is 1. The molecule has 1 heterocycles. The molecule has 0 saturated heterocycles. The first kappa shape index (κ1) is 17.5. The van der Waals surface area contributed by atoms with Crippen LogP contribution in [-0.2, 0) is 0 Å². The molecular formula is C24H18N2O2. The number of anilines is 1. The normalized spacial score (nSPS) is 10.3. The largest absolute Gasteiger partial charge is 0.457 e. The summed E-state index contributed by atoms with van der Waals surface area (Å²) < 4.78 is 5.76. The number of carbonyl (C=O) groups is 1. The summed E-state index contributed by atoms with van der Waals surface area (Å²) in [5.74, 6) is 1.21. The van der Waals surface area contributed by atoms with Crippen LogP contribution in [0.25, 0.3) is 11.3 Å². The Labute approximate surface area is 163 Å². The van der Waals surface area contributed by atoms with E-state index < -0.39 is 0 Å². The fraction of sp³-hybridized carbons (Fsp3) is 0. The van der Waals surface area contributed by atoms with Gasteiger partial charge in [0.1, 0.15) is 17.2 Å². The van der Waals surface area contributed by atoms with Gasteiger partial charge in [-0.15, -0.1) is 0 Å². The maximum atomic E-state index is 12.6. The average Bonchev–Trinajstić information content (AvgIpc) is 2.76. The zero-order valence-electron chi connectivity index (χ0n) is 15.1. The minimum absolute atomic E-state index is 0.255. The van der Waals surface area contributed by atoms with Crippen molar-refractivity contribution >= 4 is 11.6 Å². The van der Waals surface area contributed by atoms with E-state index in [-0.39, 0.29) is 5.91 Å². The smallest absolute Gasteiger partial charge is 0.274 e. The van der Waals surface area contributed by atoms with Gasteiger partial charge >= 0.3 is 0 Å². The van der Waals surface area contributed by atoms with Crippen LogP contribution in [0.3, 0.4) is 0 Å². The van der Waals surface area contributed by atoms with E-state index in [9.17, 15) is 4.79 Å². The van der Waals surface area contributed by atoms with Crippen LogP contribution >= 0.6 is 0 Å². The van der Waals surface area contributed by atoms with Gasteiger partial charge in [0.05, 0.1) is 5.69 Å². The Hall–Kier alpha value is -3.92. The Morgan fingerprint density at radius 3 is 2.04 bits per heavy atom. The molecule has 0 radical (unpaired) electrons. The Morgan fingerprint density at radius 2 is 1.32 bits per heavy atom. The van der Waals surface area contributed by atoms with Crippen molar-refractivity contribution in [3.8, 4) is 22.8 Å². The van der Waals surface area contributed by atoms with Crippen molar-refractivity contribution < 1.29 is 9.53 Å². The van der Waals surface area contributed by atoms with E-state index in [1.54, 1.807) is 18.2 Å². The third-order valence-corrected chi connectivity index (χ3v) is 4.14. The summed E-state index contributed by atoms with van der Waals surface area (Å²) in [7, 11) is 0. The van der Waals surface area contributed by atoms with Gasteiger partial charge in [0.25, 0.3) is 5.91 Å². The maximum absolute atomic E-state index is 12.6. The lowest BCUT2D eigenvalue weighted by atomic mass is 10.1. The van der Waals surface area contributed by atoms with Gasteiger partial charge in [0.2, 0.25) is 0 Å². The third kappa shape index (κ3) is 4.24. The lowest BCUT2D eigenvalue weighted by molar-refractivity contribution is 0.102.